The minimum absolute atomic E-state index is 0.183. The number of nitrogens with one attached hydrogen (secondary N) is 1. The Kier molecular flexibility index (Phi) is 4.12. The highest BCUT2D eigenvalue weighted by molar-refractivity contribution is 4.99. The summed E-state index contributed by atoms with van der Waals surface area (Å²) in [6.07, 6.45) is 2.83. The summed E-state index contributed by atoms with van der Waals surface area (Å²) in [6, 6.07) is 0. The van der Waals surface area contributed by atoms with Gasteiger partial charge in [0.15, 0.2) is 5.82 Å². The standard InChI is InChI=1S/C12H22N4O/c1-3-11(17)8-16-6-4-10(5-7-16)12-13-9(2)14-15-12/h10-11,17H,3-8H2,1-2H3,(H,13,14,15). The number of aliphatic hydroxyl groups excluding tert-OH is 1. The van der Waals surface area contributed by atoms with E-state index in [0.717, 1.165) is 50.5 Å². The molecule has 1 aromatic rings. The van der Waals surface area contributed by atoms with Gasteiger partial charge in [-0.3, -0.25) is 5.10 Å². The third-order valence-electron chi connectivity index (χ3n) is 3.51. The van der Waals surface area contributed by atoms with Crippen molar-refractivity contribution in [2.24, 2.45) is 0 Å². The van der Waals surface area contributed by atoms with Crippen LogP contribution in [0.2, 0.25) is 0 Å². The monoisotopic (exact) mass is 238 g/mol. The molecule has 0 amide bonds. The van der Waals surface area contributed by atoms with Crippen LogP contribution in [0.4, 0.5) is 0 Å². The van der Waals surface area contributed by atoms with Gasteiger partial charge in [0.2, 0.25) is 0 Å². The van der Waals surface area contributed by atoms with E-state index in [-0.39, 0.29) is 6.10 Å². The van der Waals surface area contributed by atoms with E-state index in [0.29, 0.717) is 5.92 Å². The summed E-state index contributed by atoms with van der Waals surface area (Å²) in [7, 11) is 0. The number of hydrogen-bond donors (Lipinski definition) is 2. The number of hydrogen-bond acceptors (Lipinski definition) is 4. The van der Waals surface area contributed by atoms with E-state index in [1.807, 2.05) is 13.8 Å². The van der Waals surface area contributed by atoms with E-state index < -0.39 is 0 Å². The number of H-pyrrole nitrogens is 1. The molecular formula is C12H22N4O. The molecule has 0 aliphatic carbocycles. The van der Waals surface area contributed by atoms with Crippen LogP contribution in [0, 0.1) is 6.92 Å². The summed E-state index contributed by atoms with van der Waals surface area (Å²) in [5.41, 5.74) is 0. The van der Waals surface area contributed by atoms with Crippen LogP contribution in [-0.2, 0) is 0 Å². The van der Waals surface area contributed by atoms with Crippen LogP contribution in [0.1, 0.15) is 43.8 Å². The molecule has 17 heavy (non-hydrogen) atoms. The van der Waals surface area contributed by atoms with E-state index in [1.165, 1.54) is 0 Å². The predicted molar refractivity (Wildman–Crippen MR) is 65.8 cm³/mol. The summed E-state index contributed by atoms with van der Waals surface area (Å²) in [5.74, 6) is 2.33. The molecule has 1 saturated heterocycles. The molecule has 1 aliphatic rings. The fourth-order valence-electron chi connectivity index (χ4n) is 2.34. The van der Waals surface area contributed by atoms with Gasteiger partial charge in [0.05, 0.1) is 6.10 Å². The first-order valence-electron chi connectivity index (χ1n) is 6.48. The SMILES string of the molecule is CCC(O)CN1CCC(c2n[nH]c(C)n2)CC1. The minimum atomic E-state index is -0.183. The second kappa shape index (κ2) is 5.60. The van der Waals surface area contributed by atoms with Crippen molar-refractivity contribution in [1.29, 1.82) is 0 Å². The van der Waals surface area contributed by atoms with E-state index in [2.05, 4.69) is 20.1 Å². The lowest BCUT2D eigenvalue weighted by molar-refractivity contribution is 0.0938. The first-order chi connectivity index (χ1) is 8.19. The molecule has 0 spiro atoms. The first-order valence-corrected chi connectivity index (χ1v) is 6.48. The molecule has 0 aromatic carbocycles. The number of likely N-dealkylation sites (tertiary alicyclic amines) is 1. The number of rotatable bonds is 4. The van der Waals surface area contributed by atoms with Gasteiger partial charge in [-0.1, -0.05) is 6.92 Å². The van der Waals surface area contributed by atoms with E-state index in [9.17, 15) is 5.11 Å². The average molecular weight is 238 g/mol. The molecule has 1 atom stereocenters. The number of aromatic nitrogens is 3. The normalized spacial score (nSPS) is 20.6. The zero-order valence-electron chi connectivity index (χ0n) is 10.7. The van der Waals surface area contributed by atoms with Crippen molar-refractivity contribution in [3.05, 3.63) is 11.6 Å². The van der Waals surface area contributed by atoms with Crippen LogP contribution in [0.25, 0.3) is 0 Å². The molecule has 5 nitrogen and oxygen atoms in total. The van der Waals surface area contributed by atoms with Gasteiger partial charge in [0.1, 0.15) is 5.82 Å². The number of nitrogens with zero attached hydrogens (tertiary/aromatic N) is 3. The van der Waals surface area contributed by atoms with Gasteiger partial charge in [0.25, 0.3) is 0 Å². The van der Waals surface area contributed by atoms with Crippen molar-refractivity contribution >= 4 is 0 Å². The molecule has 1 fully saturated rings. The largest absolute Gasteiger partial charge is 0.392 e. The van der Waals surface area contributed by atoms with Gasteiger partial charge in [-0.15, -0.1) is 0 Å². The molecule has 1 unspecified atom stereocenters. The molecule has 2 heterocycles. The van der Waals surface area contributed by atoms with Crippen molar-refractivity contribution in [1.82, 2.24) is 20.1 Å². The van der Waals surface area contributed by atoms with Crippen LogP contribution in [0.5, 0.6) is 0 Å². The van der Waals surface area contributed by atoms with Crippen LogP contribution in [0.15, 0.2) is 0 Å². The maximum atomic E-state index is 9.63. The van der Waals surface area contributed by atoms with Crippen molar-refractivity contribution < 1.29 is 5.11 Å². The topological polar surface area (TPSA) is 65.0 Å². The van der Waals surface area contributed by atoms with Crippen molar-refractivity contribution in [2.75, 3.05) is 19.6 Å². The Balaban J connectivity index is 1.82. The van der Waals surface area contributed by atoms with Crippen LogP contribution >= 0.6 is 0 Å². The molecule has 0 saturated carbocycles. The van der Waals surface area contributed by atoms with Crippen LogP contribution in [0.3, 0.4) is 0 Å². The first kappa shape index (κ1) is 12.5. The van der Waals surface area contributed by atoms with Crippen molar-refractivity contribution in [3.8, 4) is 0 Å². The van der Waals surface area contributed by atoms with Crippen LogP contribution in [-0.4, -0.2) is 50.9 Å². The van der Waals surface area contributed by atoms with Crippen molar-refractivity contribution in [3.63, 3.8) is 0 Å². The average Bonchev–Trinajstić information content (AvgIpc) is 2.77. The third-order valence-corrected chi connectivity index (χ3v) is 3.51. The Hall–Kier alpha value is -0.940. The molecule has 2 rings (SSSR count). The lowest BCUT2D eigenvalue weighted by Crippen LogP contribution is -2.38. The summed E-state index contributed by atoms with van der Waals surface area (Å²) in [6.45, 7) is 6.83. The Morgan fingerprint density at radius 3 is 2.71 bits per heavy atom. The summed E-state index contributed by atoms with van der Waals surface area (Å²) < 4.78 is 0. The molecule has 0 radical (unpaired) electrons. The number of piperidine rings is 1. The Labute approximate surface area is 102 Å². The number of aryl methyl sites for hydroxylation is 1. The summed E-state index contributed by atoms with van der Waals surface area (Å²) in [5, 5.41) is 16.8. The minimum Gasteiger partial charge on any atom is -0.392 e. The highest BCUT2D eigenvalue weighted by atomic mass is 16.3. The predicted octanol–water partition coefficient (Wildman–Crippen LogP) is 1.06. The van der Waals surface area contributed by atoms with Gasteiger partial charge in [0, 0.05) is 12.5 Å². The van der Waals surface area contributed by atoms with E-state index in [1.54, 1.807) is 0 Å². The second-order valence-electron chi connectivity index (χ2n) is 4.92. The lowest BCUT2D eigenvalue weighted by Gasteiger charge is -2.31. The Bertz CT molecular complexity index is 344. The molecule has 1 aromatic heterocycles. The maximum absolute atomic E-state index is 9.63. The Morgan fingerprint density at radius 2 is 2.18 bits per heavy atom. The van der Waals surface area contributed by atoms with E-state index in [4.69, 9.17) is 0 Å². The highest BCUT2D eigenvalue weighted by Crippen LogP contribution is 2.25. The summed E-state index contributed by atoms with van der Waals surface area (Å²) in [4.78, 5) is 6.74. The van der Waals surface area contributed by atoms with Crippen molar-refractivity contribution in [2.45, 2.75) is 45.1 Å². The fourth-order valence-corrected chi connectivity index (χ4v) is 2.34. The van der Waals surface area contributed by atoms with Gasteiger partial charge in [-0.25, -0.2) is 4.98 Å². The molecular weight excluding hydrogens is 216 g/mol. The van der Waals surface area contributed by atoms with E-state index >= 15 is 0 Å². The second-order valence-corrected chi connectivity index (χ2v) is 4.92. The maximum Gasteiger partial charge on any atom is 0.153 e. The molecule has 1 aliphatic heterocycles. The molecule has 5 heteroatoms. The molecule has 0 bridgehead atoms. The smallest absolute Gasteiger partial charge is 0.153 e. The highest BCUT2D eigenvalue weighted by Gasteiger charge is 2.24. The van der Waals surface area contributed by atoms with Gasteiger partial charge >= 0.3 is 0 Å². The third kappa shape index (κ3) is 3.26. The van der Waals surface area contributed by atoms with Gasteiger partial charge in [-0.05, 0) is 39.3 Å². The zero-order valence-corrected chi connectivity index (χ0v) is 10.7. The quantitative estimate of drug-likeness (QED) is 0.823. The fraction of sp³-hybridized carbons (Fsp3) is 0.833. The summed E-state index contributed by atoms with van der Waals surface area (Å²) >= 11 is 0. The molecule has 96 valence electrons. The van der Waals surface area contributed by atoms with Crippen LogP contribution < -0.4 is 0 Å². The van der Waals surface area contributed by atoms with Gasteiger partial charge < -0.3 is 10.0 Å². The number of aliphatic hydroxyl groups is 1. The zero-order chi connectivity index (χ0) is 12.3. The number of aromatic amines is 1. The lowest BCUT2D eigenvalue weighted by atomic mass is 9.96. The molecule has 2 N–H and O–H groups in total. The number of β-amino-alcohol motifs (C(OH)–C–C–N with tert-alkyl or cyclic N) is 1. The Morgan fingerprint density at radius 1 is 1.47 bits per heavy atom. The van der Waals surface area contributed by atoms with Gasteiger partial charge in [-0.2, -0.15) is 5.10 Å².